The van der Waals surface area contributed by atoms with E-state index >= 15 is 0 Å². The molecule has 0 fully saturated rings. The molecular weight excluding hydrogens is 389 g/mol. The van der Waals surface area contributed by atoms with E-state index in [1.54, 1.807) is 13.0 Å². The molecule has 0 atom stereocenters. The maximum atomic E-state index is 13.4. The van der Waals surface area contributed by atoms with E-state index in [4.69, 9.17) is 20.9 Å². The first kappa shape index (κ1) is 18.3. The van der Waals surface area contributed by atoms with Crippen LogP contribution in [0.1, 0.15) is 23.4 Å². The van der Waals surface area contributed by atoms with Crippen molar-refractivity contribution in [2.75, 3.05) is 16.8 Å². The first-order valence-electron chi connectivity index (χ1n) is 8.67. The molecule has 4 rings (SSSR count). The van der Waals surface area contributed by atoms with Gasteiger partial charge in [0.2, 0.25) is 5.88 Å². The average Bonchev–Trinajstić information content (AvgIpc) is 3.29. The van der Waals surface area contributed by atoms with Gasteiger partial charge >= 0.3 is 6.03 Å². The summed E-state index contributed by atoms with van der Waals surface area (Å²) in [4.78, 5) is 14.3. The lowest BCUT2D eigenvalue weighted by molar-refractivity contribution is 0.256. The number of nitrogens with zero attached hydrogens (tertiary/aromatic N) is 3. The van der Waals surface area contributed by atoms with Crippen LogP contribution in [-0.2, 0) is 13.0 Å². The zero-order valence-corrected chi connectivity index (χ0v) is 15.7. The number of hydrogen-bond donors (Lipinski definition) is 2. The molecule has 8 nitrogen and oxygen atoms in total. The lowest BCUT2D eigenvalue weighted by Gasteiger charge is -2.21. The van der Waals surface area contributed by atoms with Gasteiger partial charge in [-0.25, -0.2) is 9.18 Å². The van der Waals surface area contributed by atoms with Gasteiger partial charge < -0.3 is 14.6 Å². The van der Waals surface area contributed by atoms with Gasteiger partial charge in [0.05, 0.1) is 23.9 Å². The van der Waals surface area contributed by atoms with Crippen LogP contribution in [0.4, 0.5) is 20.7 Å². The molecule has 2 aromatic heterocycles. The van der Waals surface area contributed by atoms with E-state index in [0.29, 0.717) is 29.8 Å². The van der Waals surface area contributed by atoms with Gasteiger partial charge in [-0.05, 0) is 38.0 Å². The lowest BCUT2D eigenvalue weighted by atomic mass is 10.1. The molecule has 3 aromatic rings. The van der Waals surface area contributed by atoms with Crippen molar-refractivity contribution in [3.8, 4) is 5.88 Å². The number of fused-ring (bicyclic) bond motifs is 1. The van der Waals surface area contributed by atoms with Crippen molar-refractivity contribution in [2.45, 2.75) is 26.3 Å². The molecule has 0 unspecified atom stereocenters. The SMILES string of the molecule is Cc1cc(N(Cc2[nH]nc3c2CCCO3)C(=O)Nc2ccc(F)c(Cl)c2)no1. The van der Waals surface area contributed by atoms with E-state index in [2.05, 4.69) is 20.7 Å². The smallest absolute Gasteiger partial charge is 0.327 e. The van der Waals surface area contributed by atoms with E-state index in [1.165, 1.54) is 23.1 Å². The predicted molar refractivity (Wildman–Crippen MR) is 100 cm³/mol. The maximum absolute atomic E-state index is 13.4. The van der Waals surface area contributed by atoms with Gasteiger partial charge in [0.15, 0.2) is 5.82 Å². The minimum atomic E-state index is -0.562. The second-order valence-corrected chi connectivity index (χ2v) is 6.79. The molecule has 2 amide bonds. The number of hydrogen-bond acceptors (Lipinski definition) is 5. The maximum Gasteiger partial charge on any atom is 0.327 e. The number of anilines is 2. The second kappa shape index (κ2) is 7.51. The van der Waals surface area contributed by atoms with Gasteiger partial charge in [0, 0.05) is 17.3 Å². The molecule has 10 heteroatoms. The van der Waals surface area contributed by atoms with Crippen LogP contribution in [0.5, 0.6) is 5.88 Å². The Kier molecular flexibility index (Phi) is 4.91. The summed E-state index contributed by atoms with van der Waals surface area (Å²) in [7, 11) is 0. The summed E-state index contributed by atoms with van der Waals surface area (Å²) in [6, 6.07) is 5.13. The quantitative estimate of drug-likeness (QED) is 0.682. The first-order chi connectivity index (χ1) is 13.5. The Bertz CT molecular complexity index is 1020. The van der Waals surface area contributed by atoms with Crippen molar-refractivity contribution in [3.63, 3.8) is 0 Å². The molecule has 1 aliphatic heterocycles. The summed E-state index contributed by atoms with van der Waals surface area (Å²) >= 11 is 5.80. The summed E-state index contributed by atoms with van der Waals surface area (Å²) in [6.45, 7) is 2.53. The molecule has 0 aliphatic carbocycles. The molecule has 28 heavy (non-hydrogen) atoms. The zero-order valence-electron chi connectivity index (χ0n) is 15.0. The summed E-state index contributed by atoms with van der Waals surface area (Å²) in [5.41, 5.74) is 2.05. The topological polar surface area (TPSA) is 96.3 Å². The standard InChI is InChI=1S/C18H17ClFN5O3/c1-10-7-16(24-28-10)25(9-15-12-3-2-6-27-17(12)23-22-15)18(26)21-11-4-5-14(20)13(19)8-11/h4-5,7-8H,2-3,6,9H2,1H3,(H,21,26)(H,22,23). The number of urea groups is 1. The van der Waals surface area contributed by atoms with Crippen molar-refractivity contribution < 1.29 is 18.4 Å². The normalized spacial score (nSPS) is 13.0. The van der Waals surface area contributed by atoms with Crippen molar-refractivity contribution in [3.05, 3.63) is 52.1 Å². The molecule has 0 radical (unpaired) electrons. The second-order valence-electron chi connectivity index (χ2n) is 6.38. The van der Waals surface area contributed by atoms with Gasteiger partial charge in [0.25, 0.3) is 0 Å². The number of ether oxygens (including phenoxy) is 1. The number of nitrogens with one attached hydrogen (secondary N) is 2. The summed E-state index contributed by atoms with van der Waals surface area (Å²) in [6.07, 6.45) is 1.69. The number of benzene rings is 1. The minimum absolute atomic E-state index is 0.0820. The zero-order chi connectivity index (χ0) is 19.7. The van der Waals surface area contributed by atoms with Crippen LogP contribution in [0.15, 0.2) is 28.8 Å². The molecule has 1 aliphatic rings. The first-order valence-corrected chi connectivity index (χ1v) is 9.05. The van der Waals surface area contributed by atoms with Crippen molar-refractivity contribution in [2.24, 2.45) is 0 Å². The molecule has 0 bridgehead atoms. The molecule has 1 aromatic carbocycles. The molecule has 2 N–H and O–H groups in total. The van der Waals surface area contributed by atoms with Crippen molar-refractivity contribution in [1.82, 2.24) is 15.4 Å². The highest BCUT2D eigenvalue weighted by molar-refractivity contribution is 6.31. The highest BCUT2D eigenvalue weighted by Gasteiger charge is 2.25. The number of aromatic nitrogens is 3. The van der Waals surface area contributed by atoms with E-state index < -0.39 is 11.8 Å². The molecular formula is C18H17ClFN5O3. The third-order valence-electron chi connectivity index (χ3n) is 4.35. The van der Waals surface area contributed by atoms with E-state index in [1.807, 2.05) is 0 Å². The highest BCUT2D eigenvalue weighted by Crippen LogP contribution is 2.28. The Morgan fingerprint density at radius 2 is 2.29 bits per heavy atom. The van der Waals surface area contributed by atoms with Crippen LogP contribution >= 0.6 is 11.6 Å². The fraction of sp³-hybridized carbons (Fsp3) is 0.278. The molecule has 0 saturated heterocycles. The number of amides is 2. The number of aromatic amines is 1. The van der Waals surface area contributed by atoms with Gasteiger partial charge in [0.1, 0.15) is 11.6 Å². The largest absolute Gasteiger partial charge is 0.476 e. The predicted octanol–water partition coefficient (Wildman–Crippen LogP) is 4.06. The Balaban J connectivity index is 1.61. The minimum Gasteiger partial charge on any atom is -0.476 e. The van der Waals surface area contributed by atoms with Crippen LogP contribution < -0.4 is 15.0 Å². The van der Waals surface area contributed by atoms with Gasteiger partial charge in [-0.1, -0.05) is 16.8 Å². The fourth-order valence-electron chi connectivity index (χ4n) is 2.97. The lowest BCUT2D eigenvalue weighted by Crippen LogP contribution is -2.35. The van der Waals surface area contributed by atoms with Crippen molar-refractivity contribution in [1.29, 1.82) is 0 Å². The van der Waals surface area contributed by atoms with E-state index in [-0.39, 0.29) is 11.6 Å². The number of H-pyrrole nitrogens is 1. The number of carbonyl (C=O) groups is 1. The third kappa shape index (κ3) is 3.65. The number of carbonyl (C=O) groups excluding carboxylic acids is 1. The Labute approximate surface area is 164 Å². The van der Waals surface area contributed by atoms with Crippen molar-refractivity contribution >= 4 is 29.1 Å². The van der Waals surface area contributed by atoms with Crippen LogP contribution in [-0.4, -0.2) is 28.0 Å². The molecule has 0 spiro atoms. The summed E-state index contributed by atoms with van der Waals surface area (Å²) < 4.78 is 24.0. The van der Waals surface area contributed by atoms with Gasteiger partial charge in [-0.15, -0.1) is 5.10 Å². The Morgan fingerprint density at radius 3 is 3.04 bits per heavy atom. The van der Waals surface area contributed by atoms with Crippen LogP contribution in [0.3, 0.4) is 0 Å². The summed E-state index contributed by atoms with van der Waals surface area (Å²) in [5, 5.41) is 13.7. The van der Waals surface area contributed by atoms with E-state index in [9.17, 15) is 9.18 Å². The van der Waals surface area contributed by atoms with Crippen LogP contribution in [0.25, 0.3) is 0 Å². The average molecular weight is 406 g/mol. The van der Waals surface area contributed by atoms with Gasteiger partial charge in [-0.2, -0.15) is 0 Å². The van der Waals surface area contributed by atoms with E-state index in [0.717, 1.165) is 24.1 Å². The van der Waals surface area contributed by atoms with Crippen LogP contribution in [0.2, 0.25) is 5.02 Å². The molecule has 146 valence electrons. The molecule has 3 heterocycles. The van der Waals surface area contributed by atoms with Gasteiger partial charge in [-0.3, -0.25) is 10.00 Å². The summed E-state index contributed by atoms with van der Waals surface area (Å²) in [5.74, 6) is 0.895. The monoisotopic (exact) mass is 405 g/mol. The fourth-order valence-corrected chi connectivity index (χ4v) is 3.15. The molecule has 0 saturated carbocycles. The Hall–Kier alpha value is -3.07. The highest BCUT2D eigenvalue weighted by atomic mass is 35.5. The number of halogens is 2. The number of rotatable bonds is 4. The van der Waals surface area contributed by atoms with Crippen LogP contribution in [0, 0.1) is 12.7 Å². The third-order valence-corrected chi connectivity index (χ3v) is 4.64. The number of aryl methyl sites for hydroxylation is 1. The Morgan fingerprint density at radius 1 is 1.43 bits per heavy atom.